The molecule has 0 atom stereocenters. The van der Waals surface area contributed by atoms with Gasteiger partial charge in [0.25, 0.3) is 0 Å². The Morgan fingerprint density at radius 2 is 1.25 bits per heavy atom. The van der Waals surface area contributed by atoms with Crippen LogP contribution in [0.3, 0.4) is 0 Å². The monoisotopic (exact) mass is 275 g/mol. The van der Waals surface area contributed by atoms with Crippen LogP contribution in [-0.4, -0.2) is 6.54 Å². The fourth-order valence-electron chi connectivity index (χ4n) is 7.49. The van der Waals surface area contributed by atoms with Gasteiger partial charge in [0, 0.05) is 0 Å². The maximum atomic E-state index is 6.11. The van der Waals surface area contributed by atoms with E-state index in [4.69, 9.17) is 5.73 Å². The van der Waals surface area contributed by atoms with Crippen LogP contribution in [0.15, 0.2) is 0 Å². The zero-order valence-electron chi connectivity index (χ0n) is 13.2. The maximum absolute atomic E-state index is 6.11. The molecule has 0 aromatic rings. The van der Waals surface area contributed by atoms with Crippen LogP contribution in [0.5, 0.6) is 0 Å². The van der Waals surface area contributed by atoms with Gasteiger partial charge in [-0.3, -0.25) is 0 Å². The Hall–Kier alpha value is -0.0400. The van der Waals surface area contributed by atoms with E-state index in [9.17, 15) is 0 Å². The molecule has 1 heteroatoms. The standard InChI is InChI=1S/C19H33N/c20-8-7-18(5-3-1-2-4-6-18)19-12-15-9-16(13-19)11-17(10-15)14-19/h15-17H,1-14,20H2. The molecule has 0 spiro atoms. The van der Waals surface area contributed by atoms with Crippen molar-refractivity contribution in [2.45, 2.75) is 83.5 Å². The van der Waals surface area contributed by atoms with Crippen molar-refractivity contribution in [2.75, 3.05) is 6.54 Å². The van der Waals surface area contributed by atoms with Crippen molar-refractivity contribution < 1.29 is 0 Å². The minimum Gasteiger partial charge on any atom is -0.330 e. The Balaban J connectivity index is 1.67. The van der Waals surface area contributed by atoms with Crippen LogP contribution in [0.4, 0.5) is 0 Å². The van der Waals surface area contributed by atoms with Crippen molar-refractivity contribution >= 4 is 0 Å². The van der Waals surface area contributed by atoms with E-state index in [1.807, 2.05) is 0 Å². The lowest BCUT2D eigenvalue weighted by molar-refractivity contribution is -0.140. The summed E-state index contributed by atoms with van der Waals surface area (Å²) in [5, 5.41) is 0. The Kier molecular flexibility index (Phi) is 3.41. The predicted molar refractivity (Wildman–Crippen MR) is 84.4 cm³/mol. The molecule has 20 heavy (non-hydrogen) atoms. The summed E-state index contributed by atoms with van der Waals surface area (Å²) >= 11 is 0. The minimum absolute atomic E-state index is 0.647. The molecule has 1 nitrogen and oxygen atoms in total. The third kappa shape index (κ3) is 1.99. The highest BCUT2D eigenvalue weighted by atomic mass is 14.7. The minimum atomic E-state index is 0.647. The van der Waals surface area contributed by atoms with E-state index in [0.29, 0.717) is 5.41 Å². The molecule has 5 aliphatic carbocycles. The molecule has 0 aromatic carbocycles. The van der Waals surface area contributed by atoms with Crippen molar-refractivity contribution in [1.29, 1.82) is 0 Å². The summed E-state index contributed by atoms with van der Waals surface area (Å²) in [6.45, 7) is 0.932. The first kappa shape index (κ1) is 13.6. The lowest BCUT2D eigenvalue weighted by Gasteiger charge is -2.64. The summed E-state index contributed by atoms with van der Waals surface area (Å²) in [5.74, 6) is 3.29. The first-order valence-electron chi connectivity index (χ1n) is 9.45. The third-order valence-corrected chi connectivity index (χ3v) is 7.85. The smallest absolute Gasteiger partial charge is 0.00718 e. The van der Waals surface area contributed by atoms with E-state index in [1.165, 1.54) is 44.9 Å². The maximum Gasteiger partial charge on any atom is -0.00718 e. The average molecular weight is 275 g/mol. The largest absolute Gasteiger partial charge is 0.330 e. The normalized spacial score (nSPS) is 46.4. The highest BCUT2D eigenvalue weighted by Crippen LogP contribution is 2.69. The molecular formula is C19H33N. The van der Waals surface area contributed by atoms with Crippen molar-refractivity contribution in [3.05, 3.63) is 0 Å². The third-order valence-electron chi connectivity index (χ3n) is 7.85. The molecule has 5 saturated carbocycles. The number of hydrogen-bond acceptors (Lipinski definition) is 1. The molecule has 0 aromatic heterocycles. The van der Waals surface area contributed by atoms with E-state index in [-0.39, 0.29) is 0 Å². The van der Waals surface area contributed by atoms with Gasteiger partial charge in [0.05, 0.1) is 0 Å². The molecule has 0 aliphatic heterocycles. The summed E-state index contributed by atoms with van der Waals surface area (Å²) in [7, 11) is 0. The van der Waals surface area contributed by atoms with Crippen LogP contribution in [0.25, 0.3) is 0 Å². The van der Waals surface area contributed by atoms with E-state index in [2.05, 4.69) is 0 Å². The van der Waals surface area contributed by atoms with Crippen molar-refractivity contribution in [1.82, 2.24) is 0 Å². The molecule has 0 amide bonds. The van der Waals surface area contributed by atoms with Crippen LogP contribution in [0.1, 0.15) is 83.5 Å². The zero-order valence-corrected chi connectivity index (χ0v) is 13.2. The van der Waals surface area contributed by atoms with Crippen molar-refractivity contribution in [2.24, 2.45) is 34.3 Å². The molecule has 5 aliphatic rings. The van der Waals surface area contributed by atoms with E-state index in [1.54, 1.807) is 38.5 Å². The lowest BCUT2D eigenvalue weighted by atomic mass is 9.41. The van der Waals surface area contributed by atoms with Crippen LogP contribution in [-0.2, 0) is 0 Å². The fourth-order valence-corrected chi connectivity index (χ4v) is 7.49. The van der Waals surface area contributed by atoms with Gasteiger partial charge >= 0.3 is 0 Å². The highest BCUT2D eigenvalue weighted by molar-refractivity contribution is 5.09. The van der Waals surface area contributed by atoms with Gasteiger partial charge < -0.3 is 5.73 Å². The molecule has 0 radical (unpaired) electrons. The molecule has 114 valence electrons. The van der Waals surface area contributed by atoms with Crippen molar-refractivity contribution in [3.63, 3.8) is 0 Å². The van der Waals surface area contributed by atoms with E-state index in [0.717, 1.165) is 29.7 Å². The number of hydrogen-bond donors (Lipinski definition) is 1. The molecule has 5 rings (SSSR count). The summed E-state index contributed by atoms with van der Waals surface area (Å²) in [5.41, 5.74) is 7.49. The Labute approximate surface area is 125 Å². The summed E-state index contributed by atoms with van der Waals surface area (Å²) < 4.78 is 0. The van der Waals surface area contributed by atoms with Gasteiger partial charge in [0.2, 0.25) is 0 Å². The topological polar surface area (TPSA) is 26.0 Å². The van der Waals surface area contributed by atoms with Crippen LogP contribution in [0.2, 0.25) is 0 Å². The quantitative estimate of drug-likeness (QED) is 0.729. The zero-order chi connectivity index (χ0) is 13.6. The van der Waals surface area contributed by atoms with Crippen LogP contribution >= 0.6 is 0 Å². The van der Waals surface area contributed by atoms with Gasteiger partial charge in [-0.25, -0.2) is 0 Å². The Bertz CT molecular complexity index is 315. The molecule has 4 bridgehead atoms. The van der Waals surface area contributed by atoms with Gasteiger partial charge in [-0.1, -0.05) is 25.7 Å². The second kappa shape index (κ2) is 5.00. The fraction of sp³-hybridized carbons (Fsp3) is 1.00. The summed E-state index contributed by atoms with van der Waals surface area (Å²) in [4.78, 5) is 0. The lowest BCUT2D eigenvalue weighted by Crippen LogP contribution is -2.55. The molecule has 2 N–H and O–H groups in total. The summed E-state index contributed by atoms with van der Waals surface area (Å²) in [6, 6.07) is 0. The van der Waals surface area contributed by atoms with E-state index >= 15 is 0 Å². The van der Waals surface area contributed by atoms with Gasteiger partial charge in [-0.2, -0.15) is 0 Å². The predicted octanol–water partition coefficient (Wildman–Crippen LogP) is 4.89. The van der Waals surface area contributed by atoms with Crippen LogP contribution < -0.4 is 5.73 Å². The molecule has 5 fully saturated rings. The highest BCUT2D eigenvalue weighted by Gasteiger charge is 2.59. The van der Waals surface area contributed by atoms with Gasteiger partial charge in [0.15, 0.2) is 0 Å². The number of nitrogens with two attached hydrogens (primary N) is 1. The molecule has 0 unspecified atom stereocenters. The first-order chi connectivity index (χ1) is 9.75. The summed E-state index contributed by atoms with van der Waals surface area (Å²) in [6.07, 6.45) is 19.8. The van der Waals surface area contributed by atoms with Crippen LogP contribution in [0, 0.1) is 28.6 Å². The van der Waals surface area contributed by atoms with E-state index < -0.39 is 0 Å². The van der Waals surface area contributed by atoms with Crippen molar-refractivity contribution in [3.8, 4) is 0 Å². The molecular weight excluding hydrogens is 242 g/mol. The average Bonchev–Trinajstić information content (AvgIpc) is 2.64. The second-order valence-corrected chi connectivity index (χ2v) is 8.93. The molecule has 0 saturated heterocycles. The Morgan fingerprint density at radius 1 is 0.750 bits per heavy atom. The van der Waals surface area contributed by atoms with Gasteiger partial charge in [-0.05, 0) is 92.9 Å². The molecule has 0 heterocycles. The first-order valence-corrected chi connectivity index (χ1v) is 9.45. The number of rotatable bonds is 3. The SMILES string of the molecule is NCCC1(C23CC4CC(CC(C4)C2)C3)CCCCCC1. The van der Waals surface area contributed by atoms with Gasteiger partial charge in [-0.15, -0.1) is 0 Å². The Morgan fingerprint density at radius 3 is 1.70 bits per heavy atom. The van der Waals surface area contributed by atoms with Gasteiger partial charge in [0.1, 0.15) is 0 Å². The second-order valence-electron chi connectivity index (χ2n) is 8.93.